The smallest absolute Gasteiger partial charge is 0.252 e. The number of carbonyl (C=O) groups excluding carboxylic acids is 2. The van der Waals surface area contributed by atoms with Crippen molar-refractivity contribution in [2.45, 2.75) is 52.7 Å². The molecule has 2 atom stereocenters. The largest absolute Gasteiger partial charge is 0.384 e. The molecule has 3 rings (SSSR count). The van der Waals surface area contributed by atoms with E-state index in [1.165, 1.54) is 12.1 Å². The third-order valence-electron chi connectivity index (χ3n) is 6.75. The summed E-state index contributed by atoms with van der Waals surface area (Å²) in [6.07, 6.45) is 0.397. The summed E-state index contributed by atoms with van der Waals surface area (Å²) < 4.78 is 14.8. The molecule has 0 aliphatic carbocycles. The number of aliphatic hydroxyl groups is 1. The topological polar surface area (TPSA) is 69.6 Å². The predicted molar refractivity (Wildman–Crippen MR) is 135 cm³/mol. The highest BCUT2D eigenvalue weighted by Crippen LogP contribution is 2.46. The second-order valence-electron chi connectivity index (χ2n) is 9.92. The fourth-order valence-corrected chi connectivity index (χ4v) is 4.90. The molecule has 0 aromatic heterocycles. The van der Waals surface area contributed by atoms with Gasteiger partial charge in [0.1, 0.15) is 11.9 Å². The van der Waals surface area contributed by atoms with E-state index in [4.69, 9.17) is 0 Å². The van der Waals surface area contributed by atoms with Crippen LogP contribution in [-0.2, 0) is 10.4 Å². The van der Waals surface area contributed by atoms with Gasteiger partial charge in [0.25, 0.3) is 5.91 Å². The van der Waals surface area contributed by atoms with E-state index in [-0.39, 0.29) is 17.4 Å². The lowest BCUT2D eigenvalue weighted by Gasteiger charge is -2.51. The molecule has 2 aromatic rings. The monoisotopic (exact) mass is 566 g/mol. The SMILES string of the molecule is Cc1ccc(F)cc1C(=O)N[C@@H](C(=O)N1CC[C@](O)(c2ccc(I)cc2)C(C)(C)C1)C(C)C. The van der Waals surface area contributed by atoms with Gasteiger partial charge in [-0.25, -0.2) is 4.39 Å². The van der Waals surface area contributed by atoms with Crippen molar-refractivity contribution in [1.82, 2.24) is 10.2 Å². The molecule has 0 saturated carbocycles. The Morgan fingerprint density at radius 3 is 2.36 bits per heavy atom. The number of hydrogen-bond acceptors (Lipinski definition) is 3. The first kappa shape index (κ1) is 25.6. The lowest BCUT2D eigenvalue weighted by Crippen LogP contribution is -2.60. The van der Waals surface area contributed by atoms with Gasteiger partial charge in [0, 0.05) is 27.6 Å². The first-order valence-corrected chi connectivity index (χ1v) is 12.3. The maximum atomic E-state index is 13.7. The minimum atomic E-state index is -1.07. The van der Waals surface area contributed by atoms with E-state index in [9.17, 15) is 19.1 Å². The van der Waals surface area contributed by atoms with Crippen molar-refractivity contribution >= 4 is 34.4 Å². The molecule has 1 fully saturated rings. The van der Waals surface area contributed by atoms with Crippen LogP contribution in [0.3, 0.4) is 0 Å². The third kappa shape index (κ3) is 5.24. The minimum absolute atomic E-state index is 0.157. The van der Waals surface area contributed by atoms with Crippen LogP contribution >= 0.6 is 22.6 Å². The average Bonchev–Trinajstić information content (AvgIpc) is 2.75. The van der Waals surface area contributed by atoms with E-state index in [1.54, 1.807) is 17.9 Å². The maximum absolute atomic E-state index is 13.7. The highest BCUT2D eigenvalue weighted by Gasteiger charge is 2.50. The molecule has 1 saturated heterocycles. The number of rotatable bonds is 5. The Labute approximate surface area is 208 Å². The van der Waals surface area contributed by atoms with Gasteiger partial charge in [-0.05, 0) is 77.2 Å². The molecule has 0 bridgehead atoms. The highest BCUT2D eigenvalue weighted by atomic mass is 127. The maximum Gasteiger partial charge on any atom is 0.252 e. The molecule has 5 nitrogen and oxygen atoms in total. The van der Waals surface area contributed by atoms with Crippen molar-refractivity contribution in [3.05, 3.63) is 68.5 Å². The normalized spacial score (nSPS) is 21.1. The molecule has 33 heavy (non-hydrogen) atoms. The van der Waals surface area contributed by atoms with Crippen molar-refractivity contribution in [3.63, 3.8) is 0 Å². The lowest BCUT2D eigenvalue weighted by molar-refractivity contribution is -0.155. The molecule has 0 spiro atoms. The number of nitrogens with one attached hydrogen (secondary N) is 1. The van der Waals surface area contributed by atoms with Crippen LogP contribution in [-0.4, -0.2) is 41.0 Å². The Bertz CT molecular complexity index is 1040. The van der Waals surface area contributed by atoms with Crippen molar-refractivity contribution < 1.29 is 19.1 Å². The van der Waals surface area contributed by atoms with Gasteiger partial charge in [-0.2, -0.15) is 0 Å². The van der Waals surface area contributed by atoms with Crippen LogP contribution in [0.5, 0.6) is 0 Å². The number of halogens is 2. The molecule has 0 unspecified atom stereocenters. The van der Waals surface area contributed by atoms with Gasteiger partial charge in [-0.15, -0.1) is 0 Å². The van der Waals surface area contributed by atoms with Crippen molar-refractivity contribution in [2.24, 2.45) is 11.3 Å². The van der Waals surface area contributed by atoms with Crippen molar-refractivity contribution in [2.75, 3.05) is 13.1 Å². The van der Waals surface area contributed by atoms with Crippen molar-refractivity contribution in [3.8, 4) is 0 Å². The number of aryl methyl sites for hydroxylation is 1. The average molecular weight is 566 g/mol. The van der Waals surface area contributed by atoms with E-state index in [2.05, 4.69) is 27.9 Å². The van der Waals surface area contributed by atoms with Crippen LogP contribution in [0.4, 0.5) is 4.39 Å². The zero-order chi connectivity index (χ0) is 24.6. The Hall–Kier alpha value is -2.00. The van der Waals surface area contributed by atoms with Crippen molar-refractivity contribution in [1.29, 1.82) is 0 Å². The summed E-state index contributed by atoms with van der Waals surface area (Å²) in [5, 5.41) is 14.4. The number of benzene rings is 2. The zero-order valence-electron chi connectivity index (χ0n) is 19.8. The summed E-state index contributed by atoms with van der Waals surface area (Å²) in [6, 6.07) is 11.1. The molecule has 178 valence electrons. The molecule has 2 aromatic carbocycles. The second-order valence-corrected chi connectivity index (χ2v) is 11.2. The Kier molecular flexibility index (Phi) is 7.53. The van der Waals surface area contributed by atoms with Gasteiger partial charge in [-0.1, -0.05) is 45.9 Å². The van der Waals surface area contributed by atoms with E-state index >= 15 is 0 Å². The molecule has 1 heterocycles. The number of nitrogens with zero attached hydrogens (tertiary/aromatic N) is 1. The molecule has 1 aliphatic rings. The molecular weight excluding hydrogens is 534 g/mol. The number of hydrogen-bond donors (Lipinski definition) is 2. The zero-order valence-corrected chi connectivity index (χ0v) is 21.9. The minimum Gasteiger partial charge on any atom is -0.384 e. The van der Waals surface area contributed by atoms with Gasteiger partial charge in [0.05, 0.1) is 5.60 Å². The summed E-state index contributed by atoms with van der Waals surface area (Å²) in [5.74, 6) is -1.31. The first-order valence-electron chi connectivity index (χ1n) is 11.2. The van der Waals surface area contributed by atoms with Crippen LogP contribution < -0.4 is 5.32 Å². The van der Waals surface area contributed by atoms with Crippen LogP contribution in [0.25, 0.3) is 0 Å². The summed E-state index contributed by atoms with van der Waals surface area (Å²) in [4.78, 5) is 28.1. The fourth-order valence-electron chi connectivity index (χ4n) is 4.54. The molecule has 2 amide bonds. The summed E-state index contributed by atoms with van der Waals surface area (Å²) in [5.41, 5.74) is 0.0447. The van der Waals surface area contributed by atoms with Crippen LogP contribution in [0.15, 0.2) is 42.5 Å². The van der Waals surface area contributed by atoms with E-state index in [0.29, 0.717) is 25.1 Å². The number of carbonyl (C=O) groups is 2. The van der Waals surface area contributed by atoms with Crippen LogP contribution in [0.2, 0.25) is 0 Å². The van der Waals surface area contributed by atoms with E-state index < -0.39 is 28.8 Å². The van der Waals surface area contributed by atoms with E-state index in [1.807, 2.05) is 52.0 Å². The molecule has 2 N–H and O–H groups in total. The number of piperidine rings is 1. The summed E-state index contributed by atoms with van der Waals surface area (Å²) in [6.45, 7) is 10.1. The second kappa shape index (κ2) is 9.70. The Morgan fingerprint density at radius 1 is 1.15 bits per heavy atom. The first-order chi connectivity index (χ1) is 15.4. The predicted octanol–water partition coefficient (Wildman–Crippen LogP) is 4.64. The van der Waals surface area contributed by atoms with Gasteiger partial charge < -0.3 is 15.3 Å². The molecule has 7 heteroatoms. The van der Waals surface area contributed by atoms with Gasteiger partial charge in [0.15, 0.2) is 0 Å². The number of amides is 2. The van der Waals surface area contributed by atoms with Gasteiger partial charge in [-0.3, -0.25) is 9.59 Å². The molecule has 1 aliphatic heterocycles. The van der Waals surface area contributed by atoms with E-state index in [0.717, 1.165) is 9.13 Å². The van der Waals surface area contributed by atoms with Crippen LogP contribution in [0.1, 0.15) is 55.6 Å². The number of likely N-dealkylation sites (tertiary alicyclic amines) is 1. The molecular formula is C26H32FIN2O3. The summed E-state index contributed by atoms with van der Waals surface area (Å²) in [7, 11) is 0. The standard InChI is InChI=1S/C26H32FIN2O3/c1-16(2)22(29-23(31)21-14-19(27)9-6-17(21)3)24(32)30-13-12-26(33,25(4,5)15-30)18-7-10-20(28)11-8-18/h6-11,14,16,22,33H,12-13,15H2,1-5H3,(H,29,31)/t22-,26+/m1/s1. The van der Waals surface area contributed by atoms with Gasteiger partial charge >= 0.3 is 0 Å². The Balaban J connectivity index is 1.79. The molecule has 0 radical (unpaired) electrons. The Morgan fingerprint density at radius 2 is 1.79 bits per heavy atom. The lowest BCUT2D eigenvalue weighted by atomic mass is 9.66. The van der Waals surface area contributed by atoms with Gasteiger partial charge in [0.2, 0.25) is 5.91 Å². The summed E-state index contributed by atoms with van der Waals surface area (Å²) >= 11 is 2.23. The quantitative estimate of drug-likeness (QED) is 0.519. The third-order valence-corrected chi connectivity index (χ3v) is 7.47. The fraction of sp³-hybridized carbons (Fsp3) is 0.462. The highest BCUT2D eigenvalue weighted by molar-refractivity contribution is 14.1. The van der Waals surface area contributed by atoms with Crippen LogP contribution in [0, 0.1) is 27.6 Å².